The summed E-state index contributed by atoms with van der Waals surface area (Å²) >= 11 is 15.7. The number of halogens is 2. The van der Waals surface area contributed by atoms with Crippen molar-refractivity contribution in [2.75, 3.05) is 10.6 Å². The fraction of sp³-hybridized carbons (Fsp3) is 0.0625. The maximum Gasteiger partial charge on any atom is 0.267 e. The Morgan fingerprint density at radius 3 is 1.39 bits per heavy atom. The molecular weight excluding hydrogens is 595 g/mol. The van der Waals surface area contributed by atoms with Crippen molar-refractivity contribution in [2.24, 2.45) is 0 Å². The summed E-state index contributed by atoms with van der Waals surface area (Å²) in [6.07, 6.45) is 0. The predicted molar refractivity (Wildman–Crippen MR) is 172 cm³/mol. The number of aryl methyl sites for hydroxylation is 2. The van der Waals surface area contributed by atoms with E-state index in [2.05, 4.69) is 10.6 Å². The molecule has 6 rings (SSSR count). The molecule has 9 heteroatoms. The van der Waals surface area contributed by atoms with Gasteiger partial charge in [0.25, 0.3) is 11.8 Å². The van der Waals surface area contributed by atoms with Crippen molar-refractivity contribution in [2.45, 2.75) is 13.8 Å². The highest BCUT2D eigenvalue weighted by Crippen LogP contribution is 2.37. The largest absolute Gasteiger partial charge is 0.457 e. The molecule has 204 valence electrons. The van der Waals surface area contributed by atoms with Crippen LogP contribution in [0.5, 0.6) is 11.5 Å². The van der Waals surface area contributed by atoms with E-state index in [4.69, 9.17) is 27.9 Å². The van der Waals surface area contributed by atoms with Crippen molar-refractivity contribution < 1.29 is 14.3 Å². The van der Waals surface area contributed by atoms with E-state index in [1.165, 1.54) is 22.7 Å². The fourth-order valence-electron chi connectivity index (χ4n) is 4.36. The lowest BCUT2D eigenvalue weighted by atomic mass is 10.2. The van der Waals surface area contributed by atoms with E-state index in [-0.39, 0.29) is 11.8 Å². The van der Waals surface area contributed by atoms with Crippen molar-refractivity contribution in [3.05, 3.63) is 116 Å². The van der Waals surface area contributed by atoms with Gasteiger partial charge in [-0.15, -0.1) is 22.7 Å². The first-order valence-corrected chi connectivity index (χ1v) is 15.0. The molecule has 0 radical (unpaired) electrons. The number of hydrogen-bond acceptors (Lipinski definition) is 5. The summed E-state index contributed by atoms with van der Waals surface area (Å²) in [6.45, 7) is 4.01. The van der Waals surface area contributed by atoms with Crippen LogP contribution in [-0.4, -0.2) is 11.8 Å². The van der Waals surface area contributed by atoms with Gasteiger partial charge in [-0.1, -0.05) is 47.5 Å². The molecule has 0 saturated heterocycles. The maximum atomic E-state index is 12.9. The Balaban J connectivity index is 1.08. The number of ether oxygens (including phenoxy) is 1. The molecule has 0 bridgehead atoms. The summed E-state index contributed by atoms with van der Waals surface area (Å²) < 4.78 is 7.90. The first-order chi connectivity index (χ1) is 19.7. The van der Waals surface area contributed by atoms with Gasteiger partial charge in [0.2, 0.25) is 0 Å². The molecule has 0 aliphatic heterocycles. The van der Waals surface area contributed by atoms with Crippen LogP contribution >= 0.6 is 45.9 Å². The Labute approximate surface area is 254 Å². The van der Waals surface area contributed by atoms with Gasteiger partial charge in [0.15, 0.2) is 0 Å². The van der Waals surface area contributed by atoms with Crippen molar-refractivity contribution in [3.63, 3.8) is 0 Å². The molecule has 0 aliphatic carbocycles. The average molecular weight is 618 g/mol. The maximum absolute atomic E-state index is 12.9. The van der Waals surface area contributed by atoms with Gasteiger partial charge in [0, 0.05) is 31.5 Å². The van der Waals surface area contributed by atoms with Crippen LogP contribution in [0, 0.1) is 13.8 Å². The second-order valence-corrected chi connectivity index (χ2v) is 12.4. The number of fused-ring (bicyclic) bond motifs is 2. The van der Waals surface area contributed by atoms with Crippen molar-refractivity contribution in [1.29, 1.82) is 0 Å². The molecule has 5 nitrogen and oxygen atoms in total. The molecule has 0 unspecified atom stereocenters. The SMILES string of the molecule is Cc1ccc2c(Cl)c(C(=O)Nc3ccc(Oc4ccc(NC(=O)c5sc6cc(C)ccc6c5Cl)cc4)cc3)sc2c1. The summed E-state index contributed by atoms with van der Waals surface area (Å²) in [5.74, 6) is 0.685. The number of hydrogen-bond donors (Lipinski definition) is 2. The third-order valence-corrected chi connectivity index (χ3v) is 9.75. The quantitative estimate of drug-likeness (QED) is 0.195. The van der Waals surface area contributed by atoms with E-state index in [0.717, 1.165) is 31.3 Å². The Morgan fingerprint density at radius 1 is 0.610 bits per heavy atom. The molecule has 0 saturated carbocycles. The number of benzene rings is 4. The van der Waals surface area contributed by atoms with Crippen LogP contribution in [-0.2, 0) is 0 Å². The topological polar surface area (TPSA) is 67.4 Å². The predicted octanol–water partition coefficient (Wildman–Crippen LogP) is 10.3. The molecular formula is C32H22Cl2N2O3S2. The van der Waals surface area contributed by atoms with Crippen molar-refractivity contribution in [3.8, 4) is 11.5 Å². The van der Waals surface area contributed by atoms with Crippen LogP contribution in [0.15, 0.2) is 84.9 Å². The van der Waals surface area contributed by atoms with Crippen molar-refractivity contribution >= 4 is 89.2 Å². The van der Waals surface area contributed by atoms with E-state index in [9.17, 15) is 9.59 Å². The number of nitrogens with one attached hydrogen (secondary N) is 2. The Bertz CT molecular complexity index is 1800. The number of anilines is 2. The van der Waals surface area contributed by atoms with E-state index in [1.54, 1.807) is 48.5 Å². The second kappa shape index (κ2) is 11.2. The smallest absolute Gasteiger partial charge is 0.267 e. The lowest BCUT2D eigenvalue weighted by Crippen LogP contribution is -2.10. The van der Waals surface area contributed by atoms with Crippen LogP contribution in [0.3, 0.4) is 0 Å². The average Bonchev–Trinajstić information content (AvgIpc) is 3.46. The van der Waals surface area contributed by atoms with Crippen LogP contribution in [0.25, 0.3) is 20.2 Å². The van der Waals surface area contributed by atoms with Crippen LogP contribution in [0.2, 0.25) is 10.0 Å². The summed E-state index contributed by atoms with van der Waals surface area (Å²) in [5, 5.41) is 8.48. The van der Waals surface area contributed by atoms with E-state index in [1.807, 2.05) is 50.2 Å². The minimum Gasteiger partial charge on any atom is -0.457 e. The molecule has 2 aromatic heterocycles. The first kappa shape index (κ1) is 27.3. The lowest BCUT2D eigenvalue weighted by Gasteiger charge is -2.09. The second-order valence-electron chi connectivity index (χ2n) is 9.55. The Kier molecular flexibility index (Phi) is 7.45. The number of carbonyl (C=O) groups is 2. The van der Waals surface area contributed by atoms with Gasteiger partial charge < -0.3 is 15.4 Å². The van der Waals surface area contributed by atoms with Gasteiger partial charge >= 0.3 is 0 Å². The van der Waals surface area contributed by atoms with Crippen LogP contribution in [0.1, 0.15) is 30.5 Å². The fourth-order valence-corrected chi connectivity index (χ4v) is 7.38. The first-order valence-electron chi connectivity index (χ1n) is 12.6. The van der Waals surface area contributed by atoms with Gasteiger partial charge in [0.1, 0.15) is 21.3 Å². The van der Waals surface area contributed by atoms with Crippen molar-refractivity contribution in [1.82, 2.24) is 0 Å². The van der Waals surface area contributed by atoms with E-state index < -0.39 is 0 Å². The Morgan fingerprint density at radius 2 is 1.00 bits per heavy atom. The molecule has 6 aromatic rings. The molecule has 4 aromatic carbocycles. The summed E-state index contributed by atoms with van der Waals surface area (Å²) in [4.78, 5) is 26.7. The van der Waals surface area contributed by atoms with Gasteiger partial charge in [-0.05, 0) is 85.6 Å². The molecule has 0 aliphatic rings. The highest BCUT2D eigenvalue weighted by Gasteiger charge is 2.19. The number of amides is 2. The van der Waals surface area contributed by atoms with Gasteiger partial charge in [-0.3, -0.25) is 9.59 Å². The van der Waals surface area contributed by atoms with Crippen LogP contribution < -0.4 is 15.4 Å². The highest BCUT2D eigenvalue weighted by molar-refractivity contribution is 7.22. The lowest BCUT2D eigenvalue weighted by molar-refractivity contribution is 0.102. The molecule has 41 heavy (non-hydrogen) atoms. The number of rotatable bonds is 6. The van der Waals surface area contributed by atoms with Gasteiger partial charge in [-0.2, -0.15) is 0 Å². The zero-order valence-electron chi connectivity index (χ0n) is 21.9. The van der Waals surface area contributed by atoms with E-state index >= 15 is 0 Å². The highest BCUT2D eigenvalue weighted by atomic mass is 35.5. The minimum atomic E-state index is -0.257. The van der Waals surface area contributed by atoms with Gasteiger partial charge in [0.05, 0.1) is 10.0 Å². The monoisotopic (exact) mass is 616 g/mol. The summed E-state index contributed by atoms with van der Waals surface area (Å²) in [5.41, 5.74) is 3.48. The zero-order chi connectivity index (χ0) is 28.7. The number of thiophene rings is 2. The summed E-state index contributed by atoms with van der Waals surface area (Å²) in [6, 6.07) is 26.0. The Hall–Kier alpha value is -3.88. The molecule has 0 fully saturated rings. The van der Waals surface area contributed by atoms with Gasteiger partial charge in [-0.25, -0.2) is 0 Å². The minimum absolute atomic E-state index is 0.257. The molecule has 2 amide bonds. The zero-order valence-corrected chi connectivity index (χ0v) is 25.0. The third-order valence-electron chi connectivity index (χ3n) is 6.44. The normalized spacial score (nSPS) is 11.1. The molecule has 0 atom stereocenters. The third kappa shape index (κ3) is 5.67. The summed E-state index contributed by atoms with van der Waals surface area (Å²) in [7, 11) is 0. The molecule has 2 N–H and O–H groups in total. The standard InChI is InChI=1S/C32H22Cl2N2O3S2/c1-17-3-13-23-25(15-17)40-29(27(23)33)31(37)35-19-5-9-21(10-6-19)39-22-11-7-20(8-12-22)36-32(38)30-28(34)24-14-4-18(2)16-26(24)41-30/h3-16H,1-2H3,(H,35,37)(H,36,38). The van der Waals surface area contributed by atoms with Crippen LogP contribution in [0.4, 0.5) is 11.4 Å². The molecule has 0 spiro atoms. The number of carbonyl (C=O) groups excluding carboxylic acids is 2. The molecule has 2 heterocycles. The van der Waals surface area contributed by atoms with E-state index in [0.29, 0.717) is 42.7 Å².